The standard InChI is InChI=1S/C11H18N4/c1-15(2)11-13-7-9-5-8(6-12)3-4-10(9)14-11/h7-8H,3-6,12H2,1-2H3. The maximum Gasteiger partial charge on any atom is 0.224 e. The van der Waals surface area contributed by atoms with E-state index in [1.807, 2.05) is 25.2 Å². The molecule has 1 aliphatic rings. The van der Waals surface area contributed by atoms with E-state index in [2.05, 4.69) is 9.97 Å². The first-order valence-electron chi connectivity index (χ1n) is 5.43. The Morgan fingerprint density at radius 2 is 2.33 bits per heavy atom. The van der Waals surface area contributed by atoms with Gasteiger partial charge in [0.05, 0.1) is 0 Å². The number of nitrogens with two attached hydrogens (primary N) is 1. The van der Waals surface area contributed by atoms with Gasteiger partial charge in [-0.25, -0.2) is 9.97 Å². The van der Waals surface area contributed by atoms with Crippen LogP contribution in [0.1, 0.15) is 17.7 Å². The van der Waals surface area contributed by atoms with Crippen LogP contribution in [-0.4, -0.2) is 30.6 Å². The molecule has 4 nitrogen and oxygen atoms in total. The predicted molar refractivity (Wildman–Crippen MR) is 60.9 cm³/mol. The highest BCUT2D eigenvalue weighted by molar-refractivity contribution is 5.32. The Bertz CT molecular complexity index is 348. The summed E-state index contributed by atoms with van der Waals surface area (Å²) in [6.07, 6.45) is 5.20. The van der Waals surface area contributed by atoms with Gasteiger partial charge in [-0.15, -0.1) is 0 Å². The molecule has 1 aromatic heterocycles. The SMILES string of the molecule is CN(C)c1ncc2c(n1)CCC(CN)C2. The van der Waals surface area contributed by atoms with Crippen molar-refractivity contribution in [3.63, 3.8) is 0 Å². The molecule has 0 saturated carbocycles. The van der Waals surface area contributed by atoms with Crippen molar-refractivity contribution in [1.82, 2.24) is 9.97 Å². The molecule has 0 spiro atoms. The third-order valence-corrected chi connectivity index (χ3v) is 2.97. The van der Waals surface area contributed by atoms with Gasteiger partial charge in [-0.1, -0.05) is 0 Å². The molecule has 1 aliphatic carbocycles. The predicted octanol–water partition coefficient (Wildman–Crippen LogP) is 0.606. The first kappa shape index (κ1) is 10.4. The summed E-state index contributed by atoms with van der Waals surface area (Å²) in [5, 5.41) is 0. The van der Waals surface area contributed by atoms with Crippen molar-refractivity contribution in [2.45, 2.75) is 19.3 Å². The number of hydrogen-bond donors (Lipinski definition) is 1. The summed E-state index contributed by atoms with van der Waals surface area (Å²) in [4.78, 5) is 10.8. The normalized spacial score (nSPS) is 19.8. The first-order valence-corrected chi connectivity index (χ1v) is 5.43. The lowest BCUT2D eigenvalue weighted by Crippen LogP contribution is -2.24. The van der Waals surface area contributed by atoms with Crippen molar-refractivity contribution < 1.29 is 0 Å². The molecule has 0 radical (unpaired) electrons. The number of hydrogen-bond acceptors (Lipinski definition) is 4. The summed E-state index contributed by atoms with van der Waals surface area (Å²) in [6.45, 7) is 0.773. The van der Waals surface area contributed by atoms with Crippen LogP contribution in [0.5, 0.6) is 0 Å². The van der Waals surface area contributed by atoms with Gasteiger partial charge in [-0.05, 0) is 37.3 Å². The molecule has 2 rings (SSSR count). The molecule has 2 N–H and O–H groups in total. The molecule has 0 aromatic carbocycles. The smallest absolute Gasteiger partial charge is 0.224 e. The first-order chi connectivity index (χ1) is 7.20. The number of fused-ring (bicyclic) bond motifs is 1. The zero-order valence-electron chi connectivity index (χ0n) is 9.40. The summed E-state index contributed by atoms with van der Waals surface area (Å²) < 4.78 is 0. The van der Waals surface area contributed by atoms with E-state index in [0.29, 0.717) is 5.92 Å². The van der Waals surface area contributed by atoms with Gasteiger partial charge >= 0.3 is 0 Å². The zero-order valence-corrected chi connectivity index (χ0v) is 9.40. The minimum atomic E-state index is 0.617. The van der Waals surface area contributed by atoms with Crippen LogP contribution in [0.15, 0.2) is 6.20 Å². The zero-order chi connectivity index (χ0) is 10.8. The maximum absolute atomic E-state index is 5.69. The van der Waals surface area contributed by atoms with Crippen LogP contribution < -0.4 is 10.6 Å². The van der Waals surface area contributed by atoms with Gasteiger partial charge in [0.15, 0.2) is 0 Å². The van der Waals surface area contributed by atoms with Gasteiger partial charge in [0, 0.05) is 26.0 Å². The summed E-state index contributed by atoms with van der Waals surface area (Å²) >= 11 is 0. The minimum Gasteiger partial charge on any atom is -0.347 e. The second-order valence-electron chi connectivity index (χ2n) is 4.38. The summed E-state index contributed by atoms with van der Waals surface area (Å²) in [6, 6.07) is 0. The van der Waals surface area contributed by atoms with Gasteiger partial charge in [0.25, 0.3) is 0 Å². The molecule has 4 heteroatoms. The van der Waals surface area contributed by atoms with E-state index in [1.165, 1.54) is 11.3 Å². The molecule has 0 aliphatic heterocycles. The Balaban J connectivity index is 2.24. The third-order valence-electron chi connectivity index (χ3n) is 2.97. The van der Waals surface area contributed by atoms with E-state index in [9.17, 15) is 0 Å². The Morgan fingerprint density at radius 1 is 1.53 bits per heavy atom. The van der Waals surface area contributed by atoms with E-state index in [0.717, 1.165) is 31.8 Å². The molecule has 0 bridgehead atoms. The highest BCUT2D eigenvalue weighted by Gasteiger charge is 2.19. The third kappa shape index (κ3) is 2.09. The minimum absolute atomic E-state index is 0.617. The van der Waals surface area contributed by atoms with Gasteiger partial charge in [0.2, 0.25) is 5.95 Å². The topological polar surface area (TPSA) is 55.0 Å². The Labute approximate surface area is 90.5 Å². The van der Waals surface area contributed by atoms with Crippen LogP contribution in [0, 0.1) is 5.92 Å². The largest absolute Gasteiger partial charge is 0.347 e. The van der Waals surface area contributed by atoms with Gasteiger partial charge in [-0.2, -0.15) is 0 Å². The van der Waals surface area contributed by atoms with Gasteiger partial charge in [-0.3, -0.25) is 0 Å². The lowest BCUT2D eigenvalue weighted by Gasteiger charge is -2.23. The molecule has 1 heterocycles. The number of nitrogens with zero attached hydrogens (tertiary/aromatic N) is 3. The van der Waals surface area contributed by atoms with Crippen LogP contribution in [0.4, 0.5) is 5.95 Å². The Kier molecular flexibility index (Phi) is 2.86. The van der Waals surface area contributed by atoms with E-state index in [4.69, 9.17) is 5.73 Å². The molecule has 0 fully saturated rings. The van der Waals surface area contributed by atoms with Crippen LogP contribution in [0.3, 0.4) is 0 Å². The lowest BCUT2D eigenvalue weighted by atomic mass is 9.87. The Hall–Kier alpha value is -1.16. The fourth-order valence-corrected chi connectivity index (χ4v) is 1.99. The molecule has 0 amide bonds. The summed E-state index contributed by atoms with van der Waals surface area (Å²) in [5.74, 6) is 1.42. The molecule has 0 saturated heterocycles. The highest BCUT2D eigenvalue weighted by Crippen LogP contribution is 2.23. The number of aryl methyl sites for hydroxylation is 1. The monoisotopic (exact) mass is 206 g/mol. The van der Waals surface area contributed by atoms with Crippen LogP contribution in [-0.2, 0) is 12.8 Å². The van der Waals surface area contributed by atoms with E-state index < -0.39 is 0 Å². The molecular formula is C11H18N4. The second-order valence-corrected chi connectivity index (χ2v) is 4.38. The van der Waals surface area contributed by atoms with Crippen molar-refractivity contribution in [3.8, 4) is 0 Å². The molecule has 82 valence electrons. The number of rotatable bonds is 2. The van der Waals surface area contributed by atoms with E-state index >= 15 is 0 Å². The van der Waals surface area contributed by atoms with Crippen molar-refractivity contribution in [2.24, 2.45) is 11.7 Å². The van der Waals surface area contributed by atoms with Crippen molar-refractivity contribution in [2.75, 3.05) is 25.5 Å². The molecule has 1 atom stereocenters. The highest BCUT2D eigenvalue weighted by atomic mass is 15.2. The van der Waals surface area contributed by atoms with Gasteiger partial charge < -0.3 is 10.6 Å². The second kappa shape index (κ2) is 4.14. The van der Waals surface area contributed by atoms with Crippen LogP contribution in [0.2, 0.25) is 0 Å². The Morgan fingerprint density at radius 3 is 3.00 bits per heavy atom. The van der Waals surface area contributed by atoms with Crippen molar-refractivity contribution >= 4 is 5.95 Å². The molecular weight excluding hydrogens is 188 g/mol. The average molecular weight is 206 g/mol. The lowest BCUT2D eigenvalue weighted by molar-refractivity contribution is 0.461. The fourth-order valence-electron chi connectivity index (χ4n) is 1.99. The average Bonchev–Trinajstić information content (AvgIpc) is 2.27. The van der Waals surface area contributed by atoms with Gasteiger partial charge in [0.1, 0.15) is 0 Å². The van der Waals surface area contributed by atoms with Crippen molar-refractivity contribution in [1.29, 1.82) is 0 Å². The summed E-state index contributed by atoms with van der Waals surface area (Å²) in [7, 11) is 3.93. The summed E-state index contributed by atoms with van der Waals surface area (Å²) in [5.41, 5.74) is 8.18. The van der Waals surface area contributed by atoms with Crippen LogP contribution in [0.25, 0.3) is 0 Å². The quantitative estimate of drug-likeness (QED) is 0.770. The maximum atomic E-state index is 5.69. The molecule has 1 unspecified atom stereocenters. The van der Waals surface area contributed by atoms with Crippen molar-refractivity contribution in [3.05, 3.63) is 17.5 Å². The van der Waals surface area contributed by atoms with E-state index in [-0.39, 0.29) is 0 Å². The number of aromatic nitrogens is 2. The molecule has 1 aromatic rings. The van der Waals surface area contributed by atoms with E-state index in [1.54, 1.807) is 0 Å². The van der Waals surface area contributed by atoms with Crippen LogP contribution >= 0.6 is 0 Å². The molecule has 15 heavy (non-hydrogen) atoms. The number of anilines is 1. The fraction of sp³-hybridized carbons (Fsp3) is 0.636.